The van der Waals surface area contributed by atoms with Crippen LogP contribution in [-0.2, 0) is 4.74 Å². The highest BCUT2D eigenvalue weighted by Crippen LogP contribution is 2.47. The van der Waals surface area contributed by atoms with Crippen LogP contribution in [0.15, 0.2) is 18.2 Å². The standard InChI is InChI=1S/C16H23BrO3/c1-9-10(2)20-11(3)15(9)16(17)13-7-6-12(18-4)8-14(13)19-5/h6-11,15-16H,1-5H3. The molecule has 3 nitrogen and oxygen atoms in total. The van der Waals surface area contributed by atoms with Gasteiger partial charge in [-0.3, -0.25) is 0 Å². The van der Waals surface area contributed by atoms with Crippen molar-refractivity contribution in [3.63, 3.8) is 0 Å². The molecule has 5 unspecified atom stereocenters. The lowest BCUT2D eigenvalue weighted by Gasteiger charge is -2.26. The van der Waals surface area contributed by atoms with Crippen molar-refractivity contribution in [3.05, 3.63) is 23.8 Å². The maximum Gasteiger partial charge on any atom is 0.126 e. The van der Waals surface area contributed by atoms with Gasteiger partial charge in [0.05, 0.1) is 26.4 Å². The van der Waals surface area contributed by atoms with Gasteiger partial charge >= 0.3 is 0 Å². The van der Waals surface area contributed by atoms with E-state index in [1.54, 1.807) is 14.2 Å². The van der Waals surface area contributed by atoms with E-state index in [1.807, 2.05) is 12.1 Å². The van der Waals surface area contributed by atoms with Gasteiger partial charge in [0.25, 0.3) is 0 Å². The fourth-order valence-electron chi connectivity index (χ4n) is 3.05. The van der Waals surface area contributed by atoms with Crippen LogP contribution in [0.5, 0.6) is 11.5 Å². The van der Waals surface area contributed by atoms with E-state index in [1.165, 1.54) is 0 Å². The summed E-state index contributed by atoms with van der Waals surface area (Å²) in [4.78, 5) is 0.207. The van der Waals surface area contributed by atoms with Crippen LogP contribution in [-0.4, -0.2) is 26.4 Å². The third kappa shape index (κ3) is 2.82. The quantitative estimate of drug-likeness (QED) is 0.767. The Morgan fingerprint density at radius 2 is 1.80 bits per heavy atom. The molecule has 0 saturated carbocycles. The normalized spacial score (nSPS) is 31.1. The van der Waals surface area contributed by atoms with Crippen molar-refractivity contribution < 1.29 is 14.2 Å². The van der Waals surface area contributed by atoms with Crippen LogP contribution in [0.2, 0.25) is 0 Å². The zero-order chi connectivity index (χ0) is 14.9. The zero-order valence-corrected chi connectivity index (χ0v) is 14.3. The van der Waals surface area contributed by atoms with Crippen LogP contribution >= 0.6 is 15.9 Å². The summed E-state index contributed by atoms with van der Waals surface area (Å²) in [6, 6.07) is 5.97. The second kappa shape index (κ2) is 6.35. The molecule has 1 aromatic carbocycles. The fraction of sp³-hybridized carbons (Fsp3) is 0.625. The Morgan fingerprint density at radius 1 is 1.10 bits per heavy atom. The molecule has 0 aromatic heterocycles. The van der Waals surface area contributed by atoms with Crippen LogP contribution in [0.25, 0.3) is 0 Å². The van der Waals surface area contributed by atoms with Gasteiger partial charge in [-0.05, 0) is 25.8 Å². The Hall–Kier alpha value is -0.740. The maximum atomic E-state index is 5.95. The molecule has 0 amide bonds. The van der Waals surface area contributed by atoms with Gasteiger partial charge in [-0.15, -0.1) is 0 Å². The highest BCUT2D eigenvalue weighted by atomic mass is 79.9. The van der Waals surface area contributed by atoms with E-state index in [0.717, 1.165) is 17.1 Å². The van der Waals surface area contributed by atoms with Crippen molar-refractivity contribution in [3.8, 4) is 11.5 Å². The smallest absolute Gasteiger partial charge is 0.126 e. The van der Waals surface area contributed by atoms with E-state index < -0.39 is 0 Å². The number of hydrogen-bond donors (Lipinski definition) is 0. The molecule has 1 aliphatic rings. The van der Waals surface area contributed by atoms with E-state index >= 15 is 0 Å². The first-order valence-corrected chi connectivity index (χ1v) is 7.92. The summed E-state index contributed by atoms with van der Waals surface area (Å²) in [5, 5.41) is 0. The molecular weight excluding hydrogens is 320 g/mol. The number of benzene rings is 1. The van der Waals surface area contributed by atoms with Crippen LogP contribution in [0.3, 0.4) is 0 Å². The Morgan fingerprint density at radius 3 is 2.30 bits per heavy atom. The number of ether oxygens (including phenoxy) is 3. The fourth-order valence-corrected chi connectivity index (χ4v) is 4.34. The maximum absolute atomic E-state index is 5.95. The molecule has 2 rings (SSSR count). The van der Waals surface area contributed by atoms with Gasteiger partial charge < -0.3 is 14.2 Å². The minimum Gasteiger partial charge on any atom is -0.497 e. The highest BCUT2D eigenvalue weighted by Gasteiger charge is 2.42. The molecule has 1 heterocycles. The molecule has 1 aliphatic heterocycles. The van der Waals surface area contributed by atoms with Crippen molar-refractivity contribution >= 4 is 15.9 Å². The monoisotopic (exact) mass is 342 g/mol. The molecule has 112 valence electrons. The third-order valence-electron chi connectivity index (χ3n) is 4.39. The predicted molar refractivity (Wildman–Crippen MR) is 83.9 cm³/mol. The second-order valence-corrected chi connectivity index (χ2v) is 6.48. The van der Waals surface area contributed by atoms with E-state index in [4.69, 9.17) is 14.2 Å². The van der Waals surface area contributed by atoms with Gasteiger partial charge in [-0.1, -0.05) is 28.9 Å². The van der Waals surface area contributed by atoms with Crippen molar-refractivity contribution in [2.75, 3.05) is 14.2 Å². The molecule has 5 atom stereocenters. The van der Waals surface area contributed by atoms with Gasteiger partial charge in [0, 0.05) is 22.4 Å². The van der Waals surface area contributed by atoms with Crippen molar-refractivity contribution in [2.24, 2.45) is 11.8 Å². The number of methoxy groups -OCH3 is 2. The molecule has 0 bridgehead atoms. The average molecular weight is 343 g/mol. The van der Waals surface area contributed by atoms with E-state index in [9.17, 15) is 0 Å². The highest BCUT2D eigenvalue weighted by molar-refractivity contribution is 9.09. The molecule has 20 heavy (non-hydrogen) atoms. The molecule has 4 heteroatoms. The van der Waals surface area contributed by atoms with Crippen LogP contribution in [0, 0.1) is 11.8 Å². The Bertz CT molecular complexity index is 463. The largest absolute Gasteiger partial charge is 0.497 e. The lowest BCUT2D eigenvalue weighted by atomic mass is 9.84. The number of hydrogen-bond acceptors (Lipinski definition) is 3. The SMILES string of the molecule is COc1ccc(C(Br)C2C(C)OC(C)C2C)c(OC)c1. The molecule has 0 spiro atoms. The summed E-state index contributed by atoms with van der Waals surface area (Å²) in [5.74, 6) is 2.58. The summed E-state index contributed by atoms with van der Waals surface area (Å²) in [6.07, 6.45) is 0.524. The number of halogens is 1. The summed E-state index contributed by atoms with van der Waals surface area (Å²) < 4.78 is 16.7. The van der Waals surface area contributed by atoms with Gasteiger partial charge in [0.2, 0.25) is 0 Å². The summed E-state index contributed by atoms with van der Waals surface area (Å²) in [5.41, 5.74) is 1.15. The second-order valence-electron chi connectivity index (χ2n) is 5.49. The molecule has 0 aliphatic carbocycles. The first-order chi connectivity index (χ1) is 9.49. The molecule has 0 radical (unpaired) electrons. The topological polar surface area (TPSA) is 27.7 Å². The van der Waals surface area contributed by atoms with Gasteiger partial charge in [-0.2, -0.15) is 0 Å². The van der Waals surface area contributed by atoms with Gasteiger partial charge in [-0.25, -0.2) is 0 Å². The third-order valence-corrected chi connectivity index (χ3v) is 5.50. The van der Waals surface area contributed by atoms with E-state index in [0.29, 0.717) is 17.9 Å². The molecule has 1 saturated heterocycles. The number of alkyl halides is 1. The first-order valence-electron chi connectivity index (χ1n) is 7.01. The molecular formula is C16H23BrO3. The van der Waals surface area contributed by atoms with Crippen LogP contribution in [0.4, 0.5) is 0 Å². The van der Waals surface area contributed by atoms with Crippen LogP contribution < -0.4 is 9.47 Å². The summed E-state index contributed by atoms with van der Waals surface area (Å²) >= 11 is 3.86. The summed E-state index contributed by atoms with van der Waals surface area (Å²) in [6.45, 7) is 6.55. The first kappa shape index (κ1) is 15.6. The van der Waals surface area contributed by atoms with Crippen molar-refractivity contribution in [2.45, 2.75) is 37.8 Å². The minimum atomic E-state index is 0.207. The lowest BCUT2D eigenvalue weighted by Crippen LogP contribution is -2.22. The molecule has 0 N–H and O–H groups in total. The number of rotatable bonds is 4. The lowest BCUT2D eigenvalue weighted by molar-refractivity contribution is 0.0510. The van der Waals surface area contributed by atoms with E-state index in [-0.39, 0.29) is 10.9 Å². The zero-order valence-electron chi connectivity index (χ0n) is 12.7. The Labute approximate surface area is 129 Å². The predicted octanol–water partition coefficient (Wildman–Crippen LogP) is 4.20. The average Bonchev–Trinajstić information content (AvgIpc) is 2.70. The van der Waals surface area contributed by atoms with Gasteiger partial charge in [0.15, 0.2) is 0 Å². The molecule has 1 fully saturated rings. The van der Waals surface area contributed by atoms with Crippen LogP contribution in [0.1, 0.15) is 31.2 Å². The molecule has 1 aromatic rings. The Kier molecular flexibility index (Phi) is 4.97. The van der Waals surface area contributed by atoms with Crippen molar-refractivity contribution in [1.82, 2.24) is 0 Å². The Balaban J connectivity index is 2.31. The summed E-state index contributed by atoms with van der Waals surface area (Å²) in [7, 11) is 3.36. The minimum absolute atomic E-state index is 0.207. The van der Waals surface area contributed by atoms with Gasteiger partial charge in [0.1, 0.15) is 11.5 Å². The van der Waals surface area contributed by atoms with Crippen molar-refractivity contribution in [1.29, 1.82) is 0 Å². The van der Waals surface area contributed by atoms with E-state index in [2.05, 4.69) is 42.8 Å².